The lowest BCUT2D eigenvalue weighted by molar-refractivity contribution is -0.147. The molecule has 1 N–H and O–H groups in total. The highest BCUT2D eigenvalue weighted by Crippen LogP contribution is 2.36. The van der Waals surface area contributed by atoms with Crippen molar-refractivity contribution in [2.75, 3.05) is 13.1 Å². The molecule has 94 valence electrons. The van der Waals surface area contributed by atoms with E-state index >= 15 is 0 Å². The van der Waals surface area contributed by atoms with Gasteiger partial charge in [0.2, 0.25) is 0 Å². The van der Waals surface area contributed by atoms with E-state index in [9.17, 15) is 5.11 Å². The number of β-amino-alcohol motifs (C(OH)–C–C–N with tert-alkyl or cyclic N) is 1. The fraction of sp³-hybridized carbons (Fsp3) is 1.00. The van der Waals surface area contributed by atoms with Gasteiger partial charge in [-0.15, -0.1) is 0 Å². The largest absolute Gasteiger partial charge is 0.387 e. The van der Waals surface area contributed by atoms with E-state index in [1.807, 2.05) is 0 Å². The summed E-state index contributed by atoms with van der Waals surface area (Å²) in [7, 11) is 0. The zero-order valence-corrected chi connectivity index (χ0v) is 11.1. The van der Waals surface area contributed by atoms with E-state index in [1.165, 1.54) is 32.1 Å². The predicted octanol–water partition coefficient (Wildman–Crippen LogP) is 2.66. The summed E-state index contributed by atoms with van der Waals surface area (Å²) in [5, 5.41) is 10.2. The first-order valence-electron chi connectivity index (χ1n) is 7.01. The topological polar surface area (TPSA) is 23.5 Å². The predicted molar refractivity (Wildman–Crippen MR) is 67.4 cm³/mol. The molecule has 0 unspecified atom stereocenters. The molecule has 0 bridgehead atoms. The van der Waals surface area contributed by atoms with Crippen molar-refractivity contribution in [2.24, 2.45) is 11.8 Å². The highest BCUT2D eigenvalue weighted by Gasteiger charge is 2.46. The molecule has 0 atom stereocenters. The van der Waals surface area contributed by atoms with Crippen LogP contribution in [0.4, 0.5) is 0 Å². The summed E-state index contributed by atoms with van der Waals surface area (Å²) < 4.78 is 0. The van der Waals surface area contributed by atoms with Crippen LogP contribution in [0.2, 0.25) is 0 Å². The van der Waals surface area contributed by atoms with Crippen LogP contribution in [0.15, 0.2) is 0 Å². The second-order valence-corrected chi connectivity index (χ2v) is 6.25. The van der Waals surface area contributed by atoms with Gasteiger partial charge >= 0.3 is 0 Å². The molecule has 0 radical (unpaired) electrons. The maximum atomic E-state index is 10.2. The highest BCUT2D eigenvalue weighted by atomic mass is 16.3. The van der Waals surface area contributed by atoms with E-state index in [0.29, 0.717) is 5.92 Å². The van der Waals surface area contributed by atoms with Crippen molar-refractivity contribution >= 4 is 0 Å². The quantitative estimate of drug-likeness (QED) is 0.798. The molecule has 1 aliphatic carbocycles. The van der Waals surface area contributed by atoms with Crippen molar-refractivity contribution in [1.82, 2.24) is 4.90 Å². The Balaban J connectivity index is 1.77. The lowest BCUT2D eigenvalue weighted by Crippen LogP contribution is -2.67. The zero-order chi connectivity index (χ0) is 11.8. The molecule has 2 heteroatoms. The standard InChI is InChI=1S/C14H27NO/c1-4-12-5-7-13(8-6-12)15-9-14(16,10-15)11(2)3/h11-13,16H,4-10H2,1-3H3. The summed E-state index contributed by atoms with van der Waals surface area (Å²) in [5.74, 6) is 1.37. The van der Waals surface area contributed by atoms with Gasteiger partial charge in [-0.05, 0) is 37.5 Å². The SMILES string of the molecule is CCC1CCC(N2CC(O)(C(C)C)C2)CC1. The van der Waals surface area contributed by atoms with Gasteiger partial charge < -0.3 is 5.11 Å². The van der Waals surface area contributed by atoms with Gasteiger partial charge in [0.05, 0.1) is 5.60 Å². The van der Waals surface area contributed by atoms with Gasteiger partial charge in [-0.25, -0.2) is 0 Å². The van der Waals surface area contributed by atoms with Crippen LogP contribution in [0.5, 0.6) is 0 Å². The van der Waals surface area contributed by atoms with Crippen molar-refractivity contribution in [3.63, 3.8) is 0 Å². The minimum atomic E-state index is -0.387. The number of hydrogen-bond acceptors (Lipinski definition) is 2. The first-order valence-corrected chi connectivity index (χ1v) is 7.01. The molecule has 1 saturated heterocycles. The average molecular weight is 225 g/mol. The maximum Gasteiger partial charge on any atom is 0.0923 e. The molecule has 2 aliphatic rings. The molecule has 0 aromatic rings. The third-order valence-corrected chi connectivity index (χ3v) is 4.94. The van der Waals surface area contributed by atoms with Crippen molar-refractivity contribution in [3.05, 3.63) is 0 Å². The van der Waals surface area contributed by atoms with Gasteiger partial charge in [0.1, 0.15) is 0 Å². The molecule has 0 aromatic heterocycles. The van der Waals surface area contributed by atoms with Crippen LogP contribution in [0.25, 0.3) is 0 Å². The maximum absolute atomic E-state index is 10.2. The number of aliphatic hydroxyl groups is 1. The molecule has 2 fully saturated rings. The van der Waals surface area contributed by atoms with E-state index in [4.69, 9.17) is 0 Å². The summed E-state index contributed by atoms with van der Waals surface area (Å²) in [4.78, 5) is 2.51. The molecule has 2 rings (SSSR count). The molecular weight excluding hydrogens is 198 g/mol. The minimum Gasteiger partial charge on any atom is -0.387 e. The smallest absolute Gasteiger partial charge is 0.0923 e. The molecular formula is C14H27NO. The van der Waals surface area contributed by atoms with Gasteiger partial charge in [-0.2, -0.15) is 0 Å². The molecule has 1 saturated carbocycles. The Morgan fingerprint density at radius 2 is 1.75 bits per heavy atom. The number of rotatable bonds is 3. The number of hydrogen-bond donors (Lipinski definition) is 1. The first kappa shape index (κ1) is 12.4. The van der Waals surface area contributed by atoms with Crippen molar-refractivity contribution < 1.29 is 5.11 Å². The highest BCUT2D eigenvalue weighted by molar-refractivity contribution is 5.00. The van der Waals surface area contributed by atoms with Crippen LogP contribution in [0.1, 0.15) is 52.9 Å². The molecule has 1 aliphatic heterocycles. The van der Waals surface area contributed by atoms with Crippen molar-refractivity contribution in [2.45, 2.75) is 64.5 Å². The molecule has 16 heavy (non-hydrogen) atoms. The average Bonchev–Trinajstić information content (AvgIpc) is 2.25. The third kappa shape index (κ3) is 2.28. The second-order valence-electron chi connectivity index (χ2n) is 6.25. The molecule has 0 spiro atoms. The van der Waals surface area contributed by atoms with Crippen LogP contribution >= 0.6 is 0 Å². The van der Waals surface area contributed by atoms with E-state index in [2.05, 4.69) is 25.7 Å². The fourth-order valence-corrected chi connectivity index (χ4v) is 3.20. The van der Waals surface area contributed by atoms with Gasteiger partial charge in [0, 0.05) is 19.1 Å². The summed E-state index contributed by atoms with van der Waals surface area (Å²) in [6.07, 6.45) is 6.86. The van der Waals surface area contributed by atoms with Gasteiger partial charge in [0.25, 0.3) is 0 Å². The number of likely N-dealkylation sites (tertiary alicyclic amines) is 1. The summed E-state index contributed by atoms with van der Waals surface area (Å²) in [5.41, 5.74) is -0.387. The van der Waals surface area contributed by atoms with Crippen LogP contribution in [0.3, 0.4) is 0 Å². The third-order valence-electron chi connectivity index (χ3n) is 4.94. The Kier molecular flexibility index (Phi) is 3.60. The van der Waals surface area contributed by atoms with Gasteiger partial charge in [-0.3, -0.25) is 4.90 Å². The van der Waals surface area contributed by atoms with Gasteiger partial charge in [-0.1, -0.05) is 27.2 Å². The number of nitrogens with zero attached hydrogens (tertiary/aromatic N) is 1. The lowest BCUT2D eigenvalue weighted by atomic mass is 9.78. The molecule has 2 nitrogen and oxygen atoms in total. The van der Waals surface area contributed by atoms with Gasteiger partial charge in [0.15, 0.2) is 0 Å². The Bertz CT molecular complexity index is 225. The van der Waals surface area contributed by atoms with E-state index in [0.717, 1.165) is 25.0 Å². The molecule has 1 heterocycles. The van der Waals surface area contributed by atoms with Crippen LogP contribution in [-0.2, 0) is 0 Å². The van der Waals surface area contributed by atoms with E-state index in [1.54, 1.807) is 0 Å². The van der Waals surface area contributed by atoms with Crippen LogP contribution < -0.4 is 0 Å². The summed E-state index contributed by atoms with van der Waals surface area (Å²) in [6, 6.07) is 0.766. The molecule has 0 aromatic carbocycles. The summed E-state index contributed by atoms with van der Waals surface area (Å²) >= 11 is 0. The second kappa shape index (κ2) is 4.66. The lowest BCUT2D eigenvalue weighted by Gasteiger charge is -2.53. The Morgan fingerprint density at radius 3 is 2.19 bits per heavy atom. The Hall–Kier alpha value is -0.0800. The zero-order valence-electron chi connectivity index (χ0n) is 11.1. The van der Waals surface area contributed by atoms with Crippen LogP contribution in [-0.4, -0.2) is 34.7 Å². The monoisotopic (exact) mass is 225 g/mol. The van der Waals surface area contributed by atoms with Crippen molar-refractivity contribution in [3.8, 4) is 0 Å². The summed E-state index contributed by atoms with van der Waals surface area (Å²) in [6.45, 7) is 8.39. The normalized spacial score (nSPS) is 35.1. The first-order chi connectivity index (χ1) is 7.55. The Labute approximate surface area is 100 Å². The van der Waals surface area contributed by atoms with E-state index < -0.39 is 0 Å². The van der Waals surface area contributed by atoms with Crippen molar-refractivity contribution in [1.29, 1.82) is 0 Å². The minimum absolute atomic E-state index is 0.387. The molecule has 0 amide bonds. The van der Waals surface area contributed by atoms with Crippen LogP contribution in [0, 0.1) is 11.8 Å². The Morgan fingerprint density at radius 1 is 1.19 bits per heavy atom. The fourth-order valence-electron chi connectivity index (χ4n) is 3.20. The van der Waals surface area contributed by atoms with E-state index in [-0.39, 0.29) is 5.60 Å².